The van der Waals surface area contributed by atoms with Gasteiger partial charge >= 0.3 is 0 Å². The van der Waals surface area contributed by atoms with Crippen molar-refractivity contribution in [2.45, 2.75) is 0 Å². The summed E-state index contributed by atoms with van der Waals surface area (Å²) in [6.07, 6.45) is 0. The van der Waals surface area contributed by atoms with Gasteiger partial charge in [-0.25, -0.2) is 9.97 Å². The third kappa shape index (κ3) is 5.21. The van der Waals surface area contributed by atoms with Crippen molar-refractivity contribution in [2.75, 3.05) is 0 Å². The Kier molecular flexibility index (Phi) is 7.18. The van der Waals surface area contributed by atoms with Crippen molar-refractivity contribution in [2.24, 2.45) is 0 Å². The van der Waals surface area contributed by atoms with Crippen LogP contribution in [-0.4, -0.2) is 9.97 Å². The molecule has 0 radical (unpaired) electrons. The number of hydrogen-bond acceptors (Lipinski definition) is 2. The van der Waals surface area contributed by atoms with Gasteiger partial charge in [0, 0.05) is 16.7 Å². The summed E-state index contributed by atoms with van der Waals surface area (Å²) < 4.78 is 0. The van der Waals surface area contributed by atoms with Gasteiger partial charge in [-0.15, -0.1) is 0 Å². The fourth-order valence-corrected chi connectivity index (χ4v) is 7.66. The smallest absolute Gasteiger partial charge is 0.160 e. The second kappa shape index (κ2) is 12.5. The van der Waals surface area contributed by atoms with Crippen LogP contribution in [0.3, 0.4) is 0 Å². The average molecular weight is 661 g/mol. The molecule has 2 heteroatoms. The van der Waals surface area contributed by atoms with Gasteiger partial charge in [0.15, 0.2) is 5.82 Å². The van der Waals surface area contributed by atoms with E-state index in [0.717, 1.165) is 28.1 Å². The lowest BCUT2D eigenvalue weighted by molar-refractivity contribution is 1.18. The van der Waals surface area contributed by atoms with Gasteiger partial charge in [-0.3, -0.25) is 0 Å². The maximum Gasteiger partial charge on any atom is 0.160 e. The zero-order valence-corrected chi connectivity index (χ0v) is 28.4. The minimum atomic E-state index is 0.711. The molecule has 0 amide bonds. The van der Waals surface area contributed by atoms with Gasteiger partial charge in [0.05, 0.1) is 11.4 Å². The highest BCUT2D eigenvalue weighted by Gasteiger charge is 2.22. The van der Waals surface area contributed by atoms with Gasteiger partial charge in [-0.2, -0.15) is 0 Å². The molecule has 9 aromatic rings. The fourth-order valence-electron chi connectivity index (χ4n) is 7.66. The number of rotatable bonds is 6. The Hall–Kier alpha value is -6.90. The van der Waals surface area contributed by atoms with E-state index < -0.39 is 0 Å². The standard InChI is InChI=1S/C50H32N2/c1-3-10-33(11-4-1)34-22-28-40(29-23-34)50-51-47(38-12-5-2-6-13-38)32-48(52-50)39-26-20-36(21-27-39)35-18-24-37(25-19-35)41-30-31-46-43-15-8-7-14-42(43)45-17-9-16-44(41)49(45)46/h1-32H. The molecule has 1 aliphatic carbocycles. The Labute approximate surface area is 303 Å². The first kappa shape index (κ1) is 30.0. The van der Waals surface area contributed by atoms with E-state index in [2.05, 4.69) is 182 Å². The molecule has 0 bridgehead atoms. The van der Waals surface area contributed by atoms with Crippen LogP contribution in [0, 0.1) is 0 Å². The van der Waals surface area contributed by atoms with Crippen molar-refractivity contribution in [1.29, 1.82) is 0 Å². The average Bonchev–Trinajstić information content (AvgIpc) is 3.56. The molecule has 0 aliphatic heterocycles. The van der Waals surface area contributed by atoms with Crippen LogP contribution in [0.5, 0.6) is 0 Å². The fraction of sp³-hybridized carbons (Fsp3) is 0. The molecule has 1 heterocycles. The highest BCUT2D eigenvalue weighted by Crippen LogP contribution is 2.49. The molecule has 1 aliphatic rings. The zero-order chi connectivity index (χ0) is 34.4. The molecule has 0 spiro atoms. The third-order valence-corrected chi connectivity index (χ3v) is 10.3. The molecule has 0 N–H and O–H groups in total. The molecule has 0 atom stereocenters. The van der Waals surface area contributed by atoms with Crippen LogP contribution in [0.25, 0.3) is 100 Å². The summed E-state index contributed by atoms with van der Waals surface area (Å²) in [5, 5.41) is 2.66. The van der Waals surface area contributed by atoms with E-state index in [0.29, 0.717) is 5.82 Å². The first-order chi connectivity index (χ1) is 25.8. The van der Waals surface area contributed by atoms with Crippen LogP contribution >= 0.6 is 0 Å². The second-order valence-electron chi connectivity index (χ2n) is 13.4. The topological polar surface area (TPSA) is 25.8 Å². The summed E-state index contributed by atoms with van der Waals surface area (Å²) in [6, 6.07) is 69.1. The lowest BCUT2D eigenvalue weighted by Crippen LogP contribution is -1.96. The van der Waals surface area contributed by atoms with E-state index in [1.807, 2.05) is 12.1 Å². The predicted molar refractivity (Wildman–Crippen MR) is 217 cm³/mol. The Morgan fingerprint density at radius 3 is 1.25 bits per heavy atom. The minimum Gasteiger partial charge on any atom is -0.228 e. The number of nitrogens with zero attached hydrogens (tertiary/aromatic N) is 2. The molecule has 242 valence electrons. The van der Waals surface area contributed by atoms with Crippen molar-refractivity contribution in [3.8, 4) is 89.5 Å². The van der Waals surface area contributed by atoms with Crippen molar-refractivity contribution < 1.29 is 0 Å². The van der Waals surface area contributed by atoms with Crippen molar-refractivity contribution in [1.82, 2.24) is 9.97 Å². The van der Waals surface area contributed by atoms with Crippen molar-refractivity contribution in [3.05, 3.63) is 194 Å². The van der Waals surface area contributed by atoms with Crippen LogP contribution in [0.1, 0.15) is 0 Å². The van der Waals surface area contributed by atoms with Gasteiger partial charge in [0.1, 0.15) is 0 Å². The summed E-state index contributed by atoms with van der Waals surface area (Å²) in [4.78, 5) is 10.1. The molecule has 10 rings (SSSR count). The summed E-state index contributed by atoms with van der Waals surface area (Å²) in [5.74, 6) is 0.711. The van der Waals surface area contributed by atoms with E-state index in [-0.39, 0.29) is 0 Å². The van der Waals surface area contributed by atoms with Gasteiger partial charge < -0.3 is 0 Å². The summed E-state index contributed by atoms with van der Waals surface area (Å²) in [7, 11) is 0. The van der Waals surface area contributed by atoms with E-state index in [4.69, 9.17) is 9.97 Å². The molecular weight excluding hydrogens is 629 g/mol. The Balaban J connectivity index is 0.966. The lowest BCUT2D eigenvalue weighted by Gasteiger charge is -2.12. The molecule has 0 saturated heterocycles. The number of benzene rings is 8. The highest BCUT2D eigenvalue weighted by atomic mass is 14.9. The number of aromatic nitrogens is 2. The summed E-state index contributed by atoms with van der Waals surface area (Å²) in [5.41, 5.74) is 17.4. The van der Waals surface area contributed by atoms with E-state index in [9.17, 15) is 0 Å². The van der Waals surface area contributed by atoms with E-state index >= 15 is 0 Å². The quantitative estimate of drug-likeness (QED) is 0.177. The van der Waals surface area contributed by atoms with Crippen LogP contribution in [0.4, 0.5) is 0 Å². The lowest BCUT2D eigenvalue weighted by atomic mass is 9.93. The minimum absolute atomic E-state index is 0.711. The van der Waals surface area contributed by atoms with Gasteiger partial charge in [-0.05, 0) is 72.5 Å². The van der Waals surface area contributed by atoms with Crippen LogP contribution in [-0.2, 0) is 0 Å². The largest absolute Gasteiger partial charge is 0.228 e. The SMILES string of the molecule is c1ccc(-c2ccc(-c3nc(-c4ccccc4)cc(-c4ccc(-c5ccc(-c6ccc7c8c(cccc68)-c6ccccc6-7)cc5)cc4)n3)cc2)cc1. The molecule has 8 aromatic carbocycles. The molecular formula is C50H32N2. The Morgan fingerprint density at radius 2 is 0.654 bits per heavy atom. The second-order valence-corrected chi connectivity index (χ2v) is 13.4. The van der Waals surface area contributed by atoms with Crippen molar-refractivity contribution in [3.63, 3.8) is 0 Å². The monoisotopic (exact) mass is 660 g/mol. The third-order valence-electron chi connectivity index (χ3n) is 10.3. The number of hydrogen-bond donors (Lipinski definition) is 0. The normalized spacial score (nSPS) is 11.5. The number of fused-ring (bicyclic) bond motifs is 3. The van der Waals surface area contributed by atoms with E-state index in [1.165, 1.54) is 66.4 Å². The van der Waals surface area contributed by atoms with Crippen LogP contribution in [0.2, 0.25) is 0 Å². The van der Waals surface area contributed by atoms with Gasteiger partial charge in [-0.1, -0.05) is 188 Å². The van der Waals surface area contributed by atoms with Crippen LogP contribution < -0.4 is 0 Å². The maximum absolute atomic E-state index is 5.09. The van der Waals surface area contributed by atoms with Gasteiger partial charge in [0.2, 0.25) is 0 Å². The Bertz CT molecular complexity index is 2700. The molecule has 0 unspecified atom stereocenters. The van der Waals surface area contributed by atoms with E-state index in [1.54, 1.807) is 0 Å². The molecule has 1 aromatic heterocycles. The van der Waals surface area contributed by atoms with Crippen LogP contribution in [0.15, 0.2) is 194 Å². The first-order valence-electron chi connectivity index (χ1n) is 17.7. The molecule has 2 nitrogen and oxygen atoms in total. The summed E-state index contributed by atoms with van der Waals surface area (Å²) in [6.45, 7) is 0. The summed E-state index contributed by atoms with van der Waals surface area (Å²) >= 11 is 0. The van der Waals surface area contributed by atoms with Crippen molar-refractivity contribution >= 4 is 10.8 Å². The molecule has 0 saturated carbocycles. The zero-order valence-electron chi connectivity index (χ0n) is 28.4. The Morgan fingerprint density at radius 1 is 0.250 bits per heavy atom. The highest BCUT2D eigenvalue weighted by molar-refractivity contribution is 6.18. The predicted octanol–water partition coefficient (Wildman–Crippen LogP) is 13.3. The first-order valence-corrected chi connectivity index (χ1v) is 17.7. The maximum atomic E-state index is 5.09. The molecule has 52 heavy (non-hydrogen) atoms. The van der Waals surface area contributed by atoms with Gasteiger partial charge in [0.25, 0.3) is 0 Å². The molecule has 0 fully saturated rings.